The van der Waals surface area contributed by atoms with Crippen LogP contribution in [0.4, 0.5) is 5.69 Å². The fourth-order valence-corrected chi connectivity index (χ4v) is 3.03. The molecule has 1 aromatic rings. The summed E-state index contributed by atoms with van der Waals surface area (Å²) < 4.78 is 10.8. The molecule has 19 heavy (non-hydrogen) atoms. The highest BCUT2D eigenvalue weighted by atomic mass is 16.5. The Morgan fingerprint density at radius 1 is 1.05 bits per heavy atom. The first-order valence-electron chi connectivity index (χ1n) is 6.68. The van der Waals surface area contributed by atoms with Gasteiger partial charge in [-0.15, -0.1) is 0 Å². The highest BCUT2D eigenvalue weighted by Gasteiger charge is 2.60. The van der Waals surface area contributed by atoms with Crippen LogP contribution in [0.2, 0.25) is 0 Å². The van der Waals surface area contributed by atoms with Gasteiger partial charge in [0.1, 0.15) is 0 Å². The zero-order valence-electron chi connectivity index (χ0n) is 11.6. The highest BCUT2D eigenvalue weighted by molar-refractivity contribution is 5.48. The molecule has 3 rings (SSSR count). The Kier molecular flexibility index (Phi) is 3.04. The minimum atomic E-state index is -0.162. The van der Waals surface area contributed by atoms with Gasteiger partial charge < -0.3 is 19.5 Å². The second-order valence-corrected chi connectivity index (χ2v) is 5.95. The van der Waals surface area contributed by atoms with Gasteiger partial charge >= 0.3 is 0 Å². The predicted molar refractivity (Wildman–Crippen MR) is 73.6 cm³/mol. The smallest absolute Gasteiger partial charge is 0.0593 e. The Bertz CT molecular complexity index is 441. The molecule has 0 aromatic heterocycles. The molecule has 0 atom stereocenters. The third-order valence-electron chi connectivity index (χ3n) is 4.71. The van der Waals surface area contributed by atoms with Gasteiger partial charge in [-0.3, -0.25) is 0 Å². The lowest BCUT2D eigenvalue weighted by molar-refractivity contribution is -0.242. The van der Waals surface area contributed by atoms with Gasteiger partial charge in [0.25, 0.3) is 0 Å². The summed E-state index contributed by atoms with van der Waals surface area (Å²) in [5.74, 6) is 0. The van der Waals surface area contributed by atoms with Gasteiger partial charge in [0.15, 0.2) is 0 Å². The molecule has 2 aliphatic heterocycles. The maximum absolute atomic E-state index is 9.80. The summed E-state index contributed by atoms with van der Waals surface area (Å²) in [6, 6.07) is 8.57. The van der Waals surface area contributed by atoms with Crippen LogP contribution in [0.15, 0.2) is 24.3 Å². The van der Waals surface area contributed by atoms with Gasteiger partial charge in [-0.1, -0.05) is 12.1 Å². The lowest BCUT2D eigenvalue weighted by Crippen LogP contribution is -2.68. The van der Waals surface area contributed by atoms with Gasteiger partial charge in [0.2, 0.25) is 0 Å². The van der Waals surface area contributed by atoms with Crippen molar-refractivity contribution in [1.82, 2.24) is 0 Å². The SMILES string of the molecule is CN(C)c1ccc(C2(C3(CO)COC3)COC2)cc1. The third-order valence-corrected chi connectivity index (χ3v) is 4.71. The molecule has 0 amide bonds. The Morgan fingerprint density at radius 2 is 1.63 bits per heavy atom. The zero-order chi connectivity index (χ0) is 13.5. The van der Waals surface area contributed by atoms with Crippen molar-refractivity contribution in [1.29, 1.82) is 0 Å². The molecule has 0 saturated carbocycles. The van der Waals surface area contributed by atoms with Gasteiger partial charge in [-0.05, 0) is 17.7 Å². The largest absolute Gasteiger partial charge is 0.396 e. The van der Waals surface area contributed by atoms with Crippen molar-refractivity contribution in [3.8, 4) is 0 Å². The van der Waals surface area contributed by atoms with Crippen molar-refractivity contribution in [2.75, 3.05) is 52.0 Å². The second kappa shape index (κ2) is 4.47. The number of anilines is 1. The summed E-state index contributed by atoms with van der Waals surface area (Å²) in [6.45, 7) is 2.77. The number of nitrogens with zero attached hydrogens (tertiary/aromatic N) is 1. The fourth-order valence-electron chi connectivity index (χ4n) is 3.03. The first kappa shape index (κ1) is 12.9. The van der Waals surface area contributed by atoms with E-state index in [2.05, 4.69) is 29.2 Å². The lowest BCUT2D eigenvalue weighted by Gasteiger charge is -2.58. The second-order valence-electron chi connectivity index (χ2n) is 5.95. The fraction of sp³-hybridized carbons (Fsp3) is 0.600. The Balaban J connectivity index is 1.94. The summed E-state index contributed by atoms with van der Waals surface area (Å²) in [7, 11) is 4.07. The van der Waals surface area contributed by atoms with Crippen molar-refractivity contribution in [3.63, 3.8) is 0 Å². The monoisotopic (exact) mass is 263 g/mol. The Hall–Kier alpha value is -1.10. The van der Waals surface area contributed by atoms with E-state index in [1.54, 1.807) is 0 Å². The molecule has 1 N–H and O–H groups in total. The van der Waals surface area contributed by atoms with E-state index in [-0.39, 0.29) is 17.4 Å². The normalized spacial score (nSPS) is 23.3. The number of ether oxygens (including phenoxy) is 2. The maximum Gasteiger partial charge on any atom is 0.0593 e. The first-order chi connectivity index (χ1) is 9.13. The van der Waals surface area contributed by atoms with Crippen molar-refractivity contribution < 1.29 is 14.6 Å². The summed E-state index contributed by atoms with van der Waals surface area (Å²) >= 11 is 0. The van der Waals surface area contributed by atoms with Crippen LogP contribution in [0.3, 0.4) is 0 Å². The number of hydrogen-bond donors (Lipinski definition) is 1. The van der Waals surface area contributed by atoms with Gasteiger partial charge in [-0.2, -0.15) is 0 Å². The summed E-state index contributed by atoms with van der Waals surface area (Å²) in [5.41, 5.74) is 2.19. The summed E-state index contributed by atoms with van der Waals surface area (Å²) in [4.78, 5) is 2.09. The minimum absolute atomic E-state index is 0.0785. The van der Waals surface area contributed by atoms with Gasteiger partial charge in [-0.25, -0.2) is 0 Å². The number of benzene rings is 1. The molecule has 4 nitrogen and oxygen atoms in total. The molecular formula is C15H21NO3. The minimum Gasteiger partial charge on any atom is -0.396 e. The lowest BCUT2D eigenvalue weighted by atomic mass is 9.57. The molecule has 4 heteroatoms. The van der Waals surface area contributed by atoms with Crippen LogP contribution in [-0.4, -0.2) is 52.2 Å². The van der Waals surface area contributed by atoms with E-state index in [0.29, 0.717) is 26.4 Å². The van der Waals surface area contributed by atoms with E-state index in [9.17, 15) is 5.11 Å². The summed E-state index contributed by atoms with van der Waals surface area (Å²) in [6.07, 6.45) is 0. The van der Waals surface area contributed by atoms with E-state index in [4.69, 9.17) is 9.47 Å². The van der Waals surface area contributed by atoms with Crippen LogP contribution in [-0.2, 0) is 14.9 Å². The molecular weight excluding hydrogens is 242 g/mol. The highest BCUT2D eigenvalue weighted by Crippen LogP contribution is 2.51. The maximum atomic E-state index is 9.80. The molecule has 2 aliphatic rings. The Labute approximate surface area is 113 Å². The van der Waals surface area contributed by atoms with Crippen LogP contribution < -0.4 is 4.90 Å². The van der Waals surface area contributed by atoms with E-state index in [1.807, 2.05) is 14.1 Å². The molecule has 0 radical (unpaired) electrons. The molecule has 104 valence electrons. The summed E-state index contributed by atoms with van der Waals surface area (Å²) in [5, 5.41) is 9.80. The van der Waals surface area contributed by atoms with Gasteiger partial charge in [0, 0.05) is 19.8 Å². The van der Waals surface area contributed by atoms with E-state index < -0.39 is 0 Å². The third kappa shape index (κ3) is 1.71. The van der Waals surface area contributed by atoms with Crippen LogP contribution in [0.1, 0.15) is 5.56 Å². The average Bonchev–Trinajstić information content (AvgIpc) is 2.31. The average molecular weight is 263 g/mol. The first-order valence-corrected chi connectivity index (χ1v) is 6.68. The van der Waals surface area contributed by atoms with Gasteiger partial charge in [0.05, 0.1) is 43.9 Å². The van der Waals surface area contributed by atoms with E-state index >= 15 is 0 Å². The molecule has 2 fully saturated rings. The molecule has 1 aromatic carbocycles. The van der Waals surface area contributed by atoms with Crippen molar-refractivity contribution in [3.05, 3.63) is 29.8 Å². The Morgan fingerprint density at radius 3 is 1.95 bits per heavy atom. The van der Waals surface area contributed by atoms with Crippen LogP contribution in [0.5, 0.6) is 0 Å². The van der Waals surface area contributed by atoms with Crippen molar-refractivity contribution in [2.24, 2.45) is 5.41 Å². The number of aliphatic hydroxyl groups is 1. The molecule has 0 bridgehead atoms. The number of aliphatic hydroxyl groups excluding tert-OH is 1. The number of rotatable bonds is 4. The van der Waals surface area contributed by atoms with Crippen LogP contribution >= 0.6 is 0 Å². The molecule has 2 heterocycles. The molecule has 0 spiro atoms. The number of hydrogen-bond acceptors (Lipinski definition) is 4. The van der Waals surface area contributed by atoms with E-state index in [1.165, 1.54) is 11.3 Å². The van der Waals surface area contributed by atoms with Crippen LogP contribution in [0, 0.1) is 5.41 Å². The zero-order valence-corrected chi connectivity index (χ0v) is 11.6. The quantitative estimate of drug-likeness (QED) is 0.881. The predicted octanol–water partition coefficient (Wildman–Crippen LogP) is 1.03. The van der Waals surface area contributed by atoms with Crippen molar-refractivity contribution >= 4 is 5.69 Å². The molecule has 2 saturated heterocycles. The standard InChI is InChI=1S/C15H21NO3/c1-16(2)13-5-3-12(4-6-13)15(10-19-11-15)14(7-17)8-18-9-14/h3-6,17H,7-11H2,1-2H3. The molecule has 0 unspecified atom stereocenters. The van der Waals surface area contributed by atoms with Crippen molar-refractivity contribution in [2.45, 2.75) is 5.41 Å². The molecule has 0 aliphatic carbocycles. The van der Waals surface area contributed by atoms with Crippen LogP contribution in [0.25, 0.3) is 0 Å². The van der Waals surface area contributed by atoms with E-state index in [0.717, 1.165) is 0 Å². The topological polar surface area (TPSA) is 41.9 Å².